The third-order valence-electron chi connectivity index (χ3n) is 5.14. The van der Waals surface area contributed by atoms with Gasteiger partial charge < -0.3 is 15.0 Å². The predicted octanol–water partition coefficient (Wildman–Crippen LogP) is 4.76. The Morgan fingerprint density at radius 3 is 2.00 bits per heavy atom. The van der Waals surface area contributed by atoms with Crippen LogP contribution in [0.5, 0.6) is 5.75 Å². The third-order valence-corrected chi connectivity index (χ3v) is 5.14. The van der Waals surface area contributed by atoms with Crippen LogP contribution < -0.4 is 10.1 Å². The largest absolute Gasteiger partial charge is 0.484 e. The molecule has 0 heterocycles. The van der Waals surface area contributed by atoms with Crippen molar-refractivity contribution in [3.8, 4) is 5.75 Å². The lowest BCUT2D eigenvalue weighted by molar-refractivity contribution is -0.143. The molecule has 178 valence electrons. The van der Waals surface area contributed by atoms with E-state index in [0.29, 0.717) is 12.2 Å². The molecule has 0 aliphatic carbocycles. The van der Waals surface area contributed by atoms with E-state index in [1.165, 1.54) is 24.3 Å². The number of ether oxygens (including phenoxy) is 1. The molecule has 1 atom stereocenters. The normalized spacial score (nSPS) is 12.0. The average Bonchev–Trinajstić information content (AvgIpc) is 2.81. The predicted molar refractivity (Wildman–Crippen MR) is 131 cm³/mol. The zero-order valence-electron chi connectivity index (χ0n) is 19.8. The van der Waals surface area contributed by atoms with Gasteiger partial charge in [0.15, 0.2) is 6.61 Å². The summed E-state index contributed by atoms with van der Waals surface area (Å²) in [5.41, 5.74) is 1.39. The van der Waals surface area contributed by atoms with Crippen molar-refractivity contribution in [2.75, 3.05) is 6.61 Å². The summed E-state index contributed by atoms with van der Waals surface area (Å²) >= 11 is 0. The van der Waals surface area contributed by atoms with Gasteiger partial charge in [0.05, 0.1) is 0 Å². The first-order chi connectivity index (χ1) is 16.2. The van der Waals surface area contributed by atoms with E-state index in [1.807, 2.05) is 81.4 Å². The Hall–Kier alpha value is -3.67. The van der Waals surface area contributed by atoms with Crippen molar-refractivity contribution in [1.29, 1.82) is 0 Å². The molecule has 5 nitrogen and oxygen atoms in total. The zero-order chi connectivity index (χ0) is 24.6. The number of halogens is 1. The number of hydrogen-bond acceptors (Lipinski definition) is 3. The van der Waals surface area contributed by atoms with E-state index in [1.54, 1.807) is 4.90 Å². The fraction of sp³-hybridized carbons (Fsp3) is 0.286. The van der Waals surface area contributed by atoms with E-state index in [0.717, 1.165) is 11.1 Å². The minimum Gasteiger partial charge on any atom is -0.484 e. The second-order valence-electron chi connectivity index (χ2n) is 9.19. The second-order valence-corrected chi connectivity index (χ2v) is 9.19. The molecule has 0 aliphatic rings. The van der Waals surface area contributed by atoms with Gasteiger partial charge in [-0.1, -0.05) is 60.7 Å². The van der Waals surface area contributed by atoms with Crippen molar-refractivity contribution in [2.45, 2.75) is 45.3 Å². The molecule has 0 fully saturated rings. The molecule has 0 saturated carbocycles. The fourth-order valence-electron chi connectivity index (χ4n) is 3.55. The first-order valence-electron chi connectivity index (χ1n) is 11.3. The molecule has 3 aromatic carbocycles. The summed E-state index contributed by atoms with van der Waals surface area (Å²) in [6, 6.07) is 23.9. The highest BCUT2D eigenvalue weighted by Crippen LogP contribution is 2.17. The molecule has 0 aromatic heterocycles. The van der Waals surface area contributed by atoms with Crippen molar-refractivity contribution < 1.29 is 18.7 Å². The van der Waals surface area contributed by atoms with E-state index in [2.05, 4.69) is 5.32 Å². The van der Waals surface area contributed by atoms with Crippen molar-refractivity contribution in [1.82, 2.24) is 10.2 Å². The van der Waals surface area contributed by atoms with Crippen molar-refractivity contribution in [3.63, 3.8) is 0 Å². The molecular formula is C28H31FN2O3. The van der Waals surface area contributed by atoms with E-state index in [4.69, 9.17) is 4.74 Å². The molecule has 0 radical (unpaired) electrons. The third kappa shape index (κ3) is 7.73. The average molecular weight is 463 g/mol. The maximum atomic E-state index is 13.4. The summed E-state index contributed by atoms with van der Waals surface area (Å²) in [6.45, 7) is 5.70. The Morgan fingerprint density at radius 1 is 0.882 bits per heavy atom. The Morgan fingerprint density at radius 2 is 1.44 bits per heavy atom. The van der Waals surface area contributed by atoms with Crippen molar-refractivity contribution in [3.05, 3.63) is 102 Å². The minimum absolute atomic E-state index is 0.234. The maximum Gasteiger partial charge on any atom is 0.261 e. The van der Waals surface area contributed by atoms with Crippen LogP contribution in [0.15, 0.2) is 84.9 Å². The maximum absolute atomic E-state index is 13.4. The first-order valence-corrected chi connectivity index (χ1v) is 11.3. The van der Waals surface area contributed by atoms with Gasteiger partial charge in [-0.15, -0.1) is 0 Å². The van der Waals surface area contributed by atoms with E-state index in [-0.39, 0.29) is 30.8 Å². The number of benzene rings is 3. The molecule has 1 N–H and O–H groups in total. The molecule has 3 rings (SSSR count). The summed E-state index contributed by atoms with van der Waals surface area (Å²) in [5, 5.41) is 3.03. The van der Waals surface area contributed by atoms with Gasteiger partial charge in [0.1, 0.15) is 17.6 Å². The van der Waals surface area contributed by atoms with Gasteiger partial charge >= 0.3 is 0 Å². The Bertz CT molecular complexity index is 1060. The molecular weight excluding hydrogens is 431 g/mol. The van der Waals surface area contributed by atoms with Gasteiger partial charge in [-0.05, 0) is 56.2 Å². The van der Waals surface area contributed by atoms with Gasteiger partial charge in [-0.3, -0.25) is 9.59 Å². The van der Waals surface area contributed by atoms with Crippen LogP contribution in [0.3, 0.4) is 0 Å². The summed E-state index contributed by atoms with van der Waals surface area (Å²) < 4.78 is 18.9. The van der Waals surface area contributed by atoms with Gasteiger partial charge in [0.25, 0.3) is 5.91 Å². The zero-order valence-corrected chi connectivity index (χ0v) is 19.8. The van der Waals surface area contributed by atoms with Gasteiger partial charge in [-0.25, -0.2) is 4.39 Å². The smallest absolute Gasteiger partial charge is 0.261 e. The molecule has 0 spiro atoms. The van der Waals surface area contributed by atoms with Crippen LogP contribution in [0.4, 0.5) is 4.39 Å². The highest BCUT2D eigenvalue weighted by Gasteiger charge is 2.32. The Kier molecular flexibility index (Phi) is 8.41. The first kappa shape index (κ1) is 25.0. The fourth-order valence-corrected chi connectivity index (χ4v) is 3.55. The van der Waals surface area contributed by atoms with E-state index < -0.39 is 11.6 Å². The summed E-state index contributed by atoms with van der Waals surface area (Å²) in [6.07, 6.45) is 0.359. The molecule has 2 amide bonds. The number of carbonyl (C=O) groups is 2. The van der Waals surface area contributed by atoms with Crippen molar-refractivity contribution >= 4 is 11.8 Å². The second kappa shape index (κ2) is 11.5. The SMILES string of the molecule is CC(C)(C)NC(=O)[C@H](Cc1ccccc1)N(Cc1ccccc1)C(=O)COc1ccc(F)cc1. The molecule has 0 unspecified atom stereocenters. The lowest BCUT2D eigenvalue weighted by Gasteiger charge is -2.33. The number of nitrogens with one attached hydrogen (secondary N) is 1. The standard InChI is InChI=1S/C28H31FN2O3/c1-28(2,3)30-27(33)25(18-21-10-6-4-7-11-21)31(19-22-12-8-5-9-13-22)26(32)20-34-24-16-14-23(29)15-17-24/h4-17,25H,18-20H2,1-3H3,(H,30,33)/t25-/m0/s1. The Labute approximate surface area is 200 Å². The highest BCUT2D eigenvalue weighted by molar-refractivity contribution is 5.89. The van der Waals surface area contributed by atoms with Gasteiger partial charge in [-0.2, -0.15) is 0 Å². The van der Waals surface area contributed by atoms with Crippen LogP contribution >= 0.6 is 0 Å². The highest BCUT2D eigenvalue weighted by atomic mass is 19.1. The molecule has 0 aliphatic heterocycles. The molecule has 3 aromatic rings. The molecule has 0 bridgehead atoms. The number of nitrogens with zero attached hydrogens (tertiary/aromatic N) is 1. The van der Waals surface area contributed by atoms with Crippen molar-refractivity contribution in [2.24, 2.45) is 0 Å². The van der Waals surface area contributed by atoms with Crippen LogP contribution in [-0.2, 0) is 22.6 Å². The van der Waals surface area contributed by atoms with Crippen LogP contribution in [0.1, 0.15) is 31.9 Å². The summed E-state index contributed by atoms with van der Waals surface area (Å²) in [7, 11) is 0. The lowest BCUT2D eigenvalue weighted by atomic mass is 10.0. The lowest BCUT2D eigenvalue weighted by Crippen LogP contribution is -2.55. The van der Waals surface area contributed by atoms with Gasteiger partial charge in [0, 0.05) is 18.5 Å². The molecule has 34 heavy (non-hydrogen) atoms. The molecule has 0 saturated heterocycles. The van der Waals surface area contributed by atoms with Crippen LogP contribution in [-0.4, -0.2) is 34.9 Å². The Balaban J connectivity index is 1.89. The van der Waals surface area contributed by atoms with Gasteiger partial charge in [0.2, 0.25) is 5.91 Å². The minimum atomic E-state index is -0.744. The number of hydrogen-bond donors (Lipinski definition) is 1. The van der Waals surface area contributed by atoms with E-state index in [9.17, 15) is 14.0 Å². The molecule has 6 heteroatoms. The summed E-state index contributed by atoms with van der Waals surface area (Å²) in [4.78, 5) is 28.4. The quantitative estimate of drug-likeness (QED) is 0.499. The summed E-state index contributed by atoms with van der Waals surface area (Å²) in [5.74, 6) is -0.570. The monoisotopic (exact) mass is 462 g/mol. The number of rotatable bonds is 9. The van der Waals surface area contributed by atoms with E-state index >= 15 is 0 Å². The van der Waals surface area contributed by atoms with Crippen LogP contribution in [0.2, 0.25) is 0 Å². The number of carbonyl (C=O) groups excluding carboxylic acids is 2. The topological polar surface area (TPSA) is 58.6 Å². The number of amides is 2. The van der Waals surface area contributed by atoms with Crippen LogP contribution in [0, 0.1) is 5.82 Å². The van der Waals surface area contributed by atoms with Crippen LogP contribution in [0.25, 0.3) is 0 Å².